The van der Waals surface area contributed by atoms with Crippen LogP contribution in [0.3, 0.4) is 0 Å². The van der Waals surface area contributed by atoms with Crippen LogP contribution in [-0.4, -0.2) is 45.3 Å². The molecule has 46 heavy (non-hydrogen) atoms. The van der Waals surface area contributed by atoms with Gasteiger partial charge in [-0.3, -0.25) is 4.98 Å². The van der Waals surface area contributed by atoms with Gasteiger partial charge >= 0.3 is 5.97 Å². The number of ether oxygens (including phenoxy) is 3. The Morgan fingerprint density at radius 2 is 1.78 bits per heavy atom. The van der Waals surface area contributed by atoms with Crippen molar-refractivity contribution >= 4 is 27.9 Å². The van der Waals surface area contributed by atoms with E-state index in [9.17, 15) is 9.18 Å². The van der Waals surface area contributed by atoms with Gasteiger partial charge in [-0.15, -0.1) is 0 Å². The van der Waals surface area contributed by atoms with Crippen LogP contribution in [0.5, 0.6) is 5.88 Å². The maximum absolute atomic E-state index is 15.6. The highest BCUT2D eigenvalue weighted by molar-refractivity contribution is 5.93. The SMILES string of the molecule is COC(=O)c1ccc2nc(Cc3c(F)cc(-c4cccc(OCc5cc6cccnc6cc5F)n4)cc3F)n(C[C@@H]3CCO3)c2c1. The Hall–Kier alpha value is -5.29. The third kappa shape index (κ3) is 5.77. The third-order valence-electron chi connectivity index (χ3n) is 8.07. The number of aromatic nitrogens is 4. The average Bonchev–Trinajstić information content (AvgIpc) is 3.39. The summed E-state index contributed by atoms with van der Waals surface area (Å²) >= 11 is 0. The lowest BCUT2D eigenvalue weighted by molar-refractivity contribution is -0.0589. The number of fused-ring (bicyclic) bond motifs is 2. The third-order valence-corrected chi connectivity index (χ3v) is 8.07. The molecule has 0 bridgehead atoms. The first kappa shape index (κ1) is 29.4. The molecule has 8 nitrogen and oxygen atoms in total. The molecule has 0 N–H and O–H groups in total. The summed E-state index contributed by atoms with van der Waals surface area (Å²) in [5.74, 6) is -1.87. The fourth-order valence-corrected chi connectivity index (χ4v) is 5.53. The Morgan fingerprint density at radius 1 is 0.957 bits per heavy atom. The van der Waals surface area contributed by atoms with E-state index in [1.807, 2.05) is 10.6 Å². The summed E-state index contributed by atoms with van der Waals surface area (Å²) in [5, 5.41) is 0.771. The molecule has 4 heterocycles. The molecule has 7 rings (SSSR count). The van der Waals surface area contributed by atoms with Crippen molar-refractivity contribution in [3.05, 3.63) is 119 Å². The van der Waals surface area contributed by atoms with E-state index in [0.717, 1.165) is 11.8 Å². The number of hydrogen-bond donors (Lipinski definition) is 0. The zero-order valence-electron chi connectivity index (χ0n) is 24.7. The zero-order chi connectivity index (χ0) is 31.8. The first-order valence-corrected chi connectivity index (χ1v) is 14.7. The van der Waals surface area contributed by atoms with Crippen molar-refractivity contribution in [1.82, 2.24) is 19.5 Å². The molecule has 0 spiro atoms. The summed E-state index contributed by atoms with van der Waals surface area (Å²) in [4.78, 5) is 25.4. The Bertz CT molecular complexity index is 2090. The lowest BCUT2D eigenvalue weighted by Gasteiger charge is -2.27. The van der Waals surface area contributed by atoms with E-state index in [1.165, 1.54) is 25.3 Å². The van der Waals surface area contributed by atoms with E-state index in [1.54, 1.807) is 54.7 Å². The number of pyridine rings is 2. The average molecular weight is 625 g/mol. The van der Waals surface area contributed by atoms with Crippen molar-refractivity contribution in [3.8, 4) is 17.1 Å². The van der Waals surface area contributed by atoms with Gasteiger partial charge in [0.25, 0.3) is 0 Å². The Kier molecular flexibility index (Phi) is 7.83. The Balaban J connectivity index is 1.14. The van der Waals surface area contributed by atoms with Gasteiger partial charge in [-0.05, 0) is 55.0 Å². The number of carbonyl (C=O) groups is 1. The number of hydrogen-bond acceptors (Lipinski definition) is 7. The lowest BCUT2D eigenvalue weighted by Crippen LogP contribution is -2.31. The van der Waals surface area contributed by atoms with E-state index >= 15 is 8.78 Å². The van der Waals surface area contributed by atoms with Crippen molar-refractivity contribution in [2.24, 2.45) is 0 Å². The second-order valence-electron chi connectivity index (χ2n) is 11.0. The number of benzene rings is 3. The topological polar surface area (TPSA) is 88.4 Å². The number of halogens is 3. The van der Waals surface area contributed by atoms with Gasteiger partial charge in [-0.25, -0.2) is 27.9 Å². The number of nitrogens with zero attached hydrogens (tertiary/aromatic N) is 4. The quantitative estimate of drug-likeness (QED) is 0.163. The molecule has 1 atom stereocenters. The van der Waals surface area contributed by atoms with Crippen LogP contribution in [0.1, 0.15) is 33.7 Å². The fourth-order valence-electron chi connectivity index (χ4n) is 5.53. The first-order chi connectivity index (χ1) is 22.4. The Morgan fingerprint density at radius 3 is 2.54 bits per heavy atom. The van der Waals surface area contributed by atoms with Crippen molar-refractivity contribution < 1.29 is 32.2 Å². The summed E-state index contributed by atoms with van der Waals surface area (Å²) in [6, 6.07) is 18.9. The number of rotatable bonds is 9. The van der Waals surface area contributed by atoms with E-state index in [4.69, 9.17) is 14.2 Å². The fraction of sp³-hybridized carbons (Fsp3) is 0.200. The summed E-state index contributed by atoms with van der Waals surface area (Å²) in [6.07, 6.45) is 2.25. The van der Waals surface area contributed by atoms with Gasteiger partial charge in [-0.1, -0.05) is 12.1 Å². The predicted molar refractivity (Wildman–Crippen MR) is 164 cm³/mol. The highest BCUT2D eigenvalue weighted by atomic mass is 19.1. The molecule has 1 fully saturated rings. The summed E-state index contributed by atoms with van der Waals surface area (Å²) in [6.45, 7) is 0.973. The molecule has 0 saturated carbocycles. The van der Waals surface area contributed by atoms with Gasteiger partial charge in [0.05, 0.1) is 47.6 Å². The van der Waals surface area contributed by atoms with Gasteiger partial charge in [0, 0.05) is 53.4 Å². The summed E-state index contributed by atoms with van der Waals surface area (Å²) in [7, 11) is 1.30. The molecule has 0 aliphatic carbocycles. The van der Waals surface area contributed by atoms with Crippen LogP contribution in [0.2, 0.25) is 0 Å². The monoisotopic (exact) mass is 624 g/mol. The maximum atomic E-state index is 15.6. The van der Waals surface area contributed by atoms with Gasteiger partial charge in [0.15, 0.2) is 0 Å². The van der Waals surface area contributed by atoms with Gasteiger partial charge in [-0.2, -0.15) is 0 Å². The molecule has 3 aromatic heterocycles. The van der Waals surface area contributed by atoms with E-state index in [2.05, 4.69) is 15.0 Å². The standard InChI is InChI=1S/C35H27F3N4O4/c1-44-35(43)21-7-8-30-32(15-21)42(18-24-9-11-45-24)33(40-30)16-25-27(37)13-22(14-28(25)38)29-5-2-6-34(41-29)46-19-23-12-20-4-3-10-39-31(20)17-26(23)36/h2-8,10,12-15,17,24H,9,11,16,18-19H2,1H3/t24-/m0/s1. The zero-order valence-corrected chi connectivity index (χ0v) is 24.7. The lowest BCUT2D eigenvalue weighted by atomic mass is 10.0. The number of methoxy groups -OCH3 is 1. The molecule has 1 aliphatic rings. The van der Waals surface area contributed by atoms with Crippen molar-refractivity contribution in [1.29, 1.82) is 0 Å². The van der Waals surface area contributed by atoms with E-state index < -0.39 is 23.4 Å². The van der Waals surface area contributed by atoms with Crippen LogP contribution >= 0.6 is 0 Å². The molecule has 1 aliphatic heterocycles. The van der Waals surface area contributed by atoms with E-state index in [-0.39, 0.29) is 41.8 Å². The van der Waals surface area contributed by atoms with Crippen LogP contribution < -0.4 is 4.74 Å². The second-order valence-corrected chi connectivity index (χ2v) is 11.0. The minimum Gasteiger partial charge on any atom is -0.473 e. The predicted octanol–water partition coefficient (Wildman–Crippen LogP) is 6.81. The Labute approximate surface area is 261 Å². The van der Waals surface area contributed by atoms with Crippen molar-refractivity contribution in [2.45, 2.75) is 32.1 Å². The molecule has 3 aromatic carbocycles. The largest absolute Gasteiger partial charge is 0.473 e. The molecule has 0 amide bonds. The number of esters is 1. The van der Waals surface area contributed by atoms with Crippen molar-refractivity contribution in [3.63, 3.8) is 0 Å². The van der Waals surface area contributed by atoms with Crippen LogP contribution in [-0.2, 0) is 29.0 Å². The van der Waals surface area contributed by atoms with Gasteiger partial charge in [0.2, 0.25) is 5.88 Å². The van der Waals surface area contributed by atoms with Crippen LogP contribution in [0.15, 0.2) is 79.0 Å². The first-order valence-electron chi connectivity index (χ1n) is 14.7. The van der Waals surface area contributed by atoms with Gasteiger partial charge < -0.3 is 18.8 Å². The normalized spacial score (nSPS) is 14.4. The number of imidazole rings is 1. The second kappa shape index (κ2) is 12.2. The smallest absolute Gasteiger partial charge is 0.337 e. The van der Waals surface area contributed by atoms with Crippen LogP contribution in [0, 0.1) is 17.5 Å². The molecular formula is C35H27F3N4O4. The maximum Gasteiger partial charge on any atom is 0.337 e. The summed E-state index contributed by atoms with van der Waals surface area (Å²) < 4.78 is 63.9. The highest BCUT2D eigenvalue weighted by Crippen LogP contribution is 2.29. The minimum atomic E-state index is -0.760. The molecule has 0 unspecified atom stereocenters. The van der Waals surface area contributed by atoms with Crippen LogP contribution in [0.4, 0.5) is 13.2 Å². The minimum absolute atomic E-state index is 0.0645. The molecule has 232 valence electrons. The van der Waals surface area contributed by atoms with Crippen LogP contribution in [0.25, 0.3) is 33.2 Å². The molecule has 0 radical (unpaired) electrons. The molecule has 1 saturated heterocycles. The van der Waals surface area contributed by atoms with Crippen molar-refractivity contribution in [2.75, 3.05) is 13.7 Å². The number of carbonyl (C=O) groups excluding carboxylic acids is 1. The van der Waals surface area contributed by atoms with E-state index in [0.29, 0.717) is 46.7 Å². The summed E-state index contributed by atoms with van der Waals surface area (Å²) in [5.41, 5.74) is 2.78. The molecule has 11 heteroatoms. The highest BCUT2D eigenvalue weighted by Gasteiger charge is 2.24. The molecular weight excluding hydrogens is 597 g/mol. The van der Waals surface area contributed by atoms with Gasteiger partial charge in [0.1, 0.15) is 29.9 Å². The molecule has 6 aromatic rings.